The lowest BCUT2D eigenvalue weighted by Crippen LogP contribution is -2.51. The van der Waals surface area contributed by atoms with Gasteiger partial charge in [0, 0.05) is 24.8 Å². The maximum atomic E-state index is 12.5. The van der Waals surface area contributed by atoms with Gasteiger partial charge < -0.3 is 24.2 Å². The van der Waals surface area contributed by atoms with E-state index in [1.165, 1.54) is 18.4 Å². The highest BCUT2D eigenvalue weighted by molar-refractivity contribution is 14.1. The second kappa shape index (κ2) is 9.60. The Labute approximate surface area is 196 Å². The average molecular weight is 549 g/mol. The first-order valence-corrected chi connectivity index (χ1v) is 12.9. The predicted octanol–water partition coefficient (Wildman–Crippen LogP) is 4.78. The number of nitrogens with zero attached hydrogens (tertiary/aromatic N) is 1. The number of esters is 1. The topological polar surface area (TPSA) is 68.2 Å². The van der Waals surface area contributed by atoms with E-state index in [-0.39, 0.29) is 17.9 Å². The number of aliphatic hydroxyl groups excluding tert-OH is 1. The van der Waals surface area contributed by atoms with Crippen LogP contribution in [0.3, 0.4) is 0 Å². The van der Waals surface area contributed by atoms with Gasteiger partial charge in [-0.1, -0.05) is 19.8 Å². The van der Waals surface area contributed by atoms with Gasteiger partial charge >= 0.3 is 5.97 Å². The maximum Gasteiger partial charge on any atom is 0.350 e. The first kappa shape index (κ1) is 22.8. The van der Waals surface area contributed by atoms with E-state index >= 15 is 0 Å². The monoisotopic (exact) mass is 549 g/mol. The number of carbonyl (C=O) groups excluding carboxylic acids is 1. The van der Waals surface area contributed by atoms with Gasteiger partial charge in [-0.05, 0) is 60.3 Å². The molecular weight excluding hydrogens is 517 g/mol. The summed E-state index contributed by atoms with van der Waals surface area (Å²) in [6.07, 6.45) is 7.12. The highest BCUT2D eigenvalue weighted by Crippen LogP contribution is 2.43. The van der Waals surface area contributed by atoms with Crippen LogP contribution in [0.15, 0.2) is 6.07 Å². The number of carbonyl (C=O) groups is 1. The Morgan fingerprint density at radius 3 is 2.47 bits per heavy atom. The van der Waals surface area contributed by atoms with Crippen molar-refractivity contribution in [3.05, 3.63) is 13.8 Å². The molecule has 1 aliphatic heterocycles. The van der Waals surface area contributed by atoms with Gasteiger partial charge in [0.2, 0.25) is 0 Å². The first-order chi connectivity index (χ1) is 14.4. The third-order valence-electron chi connectivity index (χ3n) is 7.02. The van der Waals surface area contributed by atoms with Crippen LogP contribution in [-0.4, -0.2) is 49.5 Å². The normalized spacial score (nSPS) is 27.9. The summed E-state index contributed by atoms with van der Waals surface area (Å²) in [6.45, 7) is 3.61. The average Bonchev–Trinajstić information content (AvgIpc) is 3.36. The Balaban J connectivity index is 1.61. The van der Waals surface area contributed by atoms with Crippen LogP contribution in [0.2, 0.25) is 0 Å². The number of anilines is 1. The summed E-state index contributed by atoms with van der Waals surface area (Å²) in [7, 11) is 1.42. The zero-order valence-corrected chi connectivity index (χ0v) is 20.7. The number of halogens is 1. The van der Waals surface area contributed by atoms with Crippen molar-refractivity contribution in [1.29, 1.82) is 0 Å². The second-order valence-corrected chi connectivity index (χ2v) is 11.9. The van der Waals surface area contributed by atoms with Crippen molar-refractivity contribution in [1.82, 2.24) is 0 Å². The summed E-state index contributed by atoms with van der Waals surface area (Å²) in [5.74, 6) is 0.170. The highest BCUT2D eigenvalue weighted by Gasteiger charge is 2.44. The molecule has 2 heterocycles. The standard InChI is InChI=1S/C22H32INO5S/c1-14-3-5-15(6-4-14)20(25)24(17-13-18(23)30-19(17)21(26)27-2)16-7-9-22(10-8-16)28-11-12-29-22/h13-16,20,25H,3-12H2,1-2H3/t14?,15?,20-/m1/s1. The minimum atomic E-state index is -0.601. The largest absolute Gasteiger partial charge is 0.465 e. The van der Waals surface area contributed by atoms with E-state index in [1.54, 1.807) is 0 Å². The fourth-order valence-electron chi connectivity index (χ4n) is 5.26. The summed E-state index contributed by atoms with van der Waals surface area (Å²) >= 11 is 3.68. The molecule has 2 saturated carbocycles. The molecule has 30 heavy (non-hydrogen) atoms. The van der Waals surface area contributed by atoms with Crippen molar-refractivity contribution in [3.8, 4) is 0 Å². The fraction of sp³-hybridized carbons (Fsp3) is 0.773. The molecule has 1 saturated heterocycles. The van der Waals surface area contributed by atoms with Gasteiger partial charge in [0.25, 0.3) is 0 Å². The van der Waals surface area contributed by atoms with Crippen LogP contribution in [0.25, 0.3) is 0 Å². The smallest absolute Gasteiger partial charge is 0.350 e. The molecule has 8 heteroatoms. The number of methoxy groups -OCH3 is 1. The van der Waals surface area contributed by atoms with E-state index in [1.807, 2.05) is 6.07 Å². The summed E-state index contributed by atoms with van der Waals surface area (Å²) in [6, 6.07) is 2.17. The van der Waals surface area contributed by atoms with Crippen molar-refractivity contribution >= 4 is 45.6 Å². The number of aliphatic hydroxyl groups is 1. The zero-order valence-electron chi connectivity index (χ0n) is 17.8. The minimum Gasteiger partial charge on any atom is -0.465 e. The molecular formula is C22H32INO5S. The molecule has 0 radical (unpaired) electrons. The molecule has 1 aromatic heterocycles. The van der Waals surface area contributed by atoms with Gasteiger partial charge in [0.15, 0.2) is 5.79 Å². The molecule has 3 fully saturated rings. The van der Waals surface area contributed by atoms with Crippen molar-refractivity contribution in [2.75, 3.05) is 25.2 Å². The van der Waals surface area contributed by atoms with Crippen molar-refractivity contribution in [2.45, 2.75) is 76.3 Å². The molecule has 168 valence electrons. The second-order valence-electron chi connectivity index (χ2n) is 8.94. The molecule has 1 aromatic rings. The molecule has 3 aliphatic rings. The van der Waals surface area contributed by atoms with E-state index in [2.05, 4.69) is 34.4 Å². The van der Waals surface area contributed by atoms with Gasteiger partial charge in [-0.2, -0.15) is 0 Å². The number of ether oxygens (including phenoxy) is 3. The Morgan fingerprint density at radius 1 is 1.23 bits per heavy atom. The summed E-state index contributed by atoms with van der Waals surface area (Å²) in [5, 5.41) is 11.6. The minimum absolute atomic E-state index is 0.145. The molecule has 6 nitrogen and oxygen atoms in total. The van der Waals surface area contributed by atoms with E-state index in [4.69, 9.17) is 14.2 Å². The van der Waals surface area contributed by atoms with Crippen LogP contribution in [0.5, 0.6) is 0 Å². The van der Waals surface area contributed by atoms with Gasteiger partial charge in [-0.15, -0.1) is 11.3 Å². The molecule has 0 amide bonds. The third-order valence-corrected chi connectivity index (χ3v) is 8.89. The third kappa shape index (κ3) is 4.67. The Kier molecular flexibility index (Phi) is 7.29. The Bertz CT molecular complexity index is 732. The Hall–Kier alpha value is -0.420. The maximum absolute atomic E-state index is 12.5. The van der Waals surface area contributed by atoms with Crippen molar-refractivity contribution in [3.63, 3.8) is 0 Å². The van der Waals surface area contributed by atoms with E-state index in [9.17, 15) is 9.90 Å². The van der Waals surface area contributed by atoms with Crippen LogP contribution in [-0.2, 0) is 14.2 Å². The summed E-state index contributed by atoms with van der Waals surface area (Å²) in [4.78, 5) is 15.2. The predicted molar refractivity (Wildman–Crippen MR) is 125 cm³/mol. The number of hydrogen-bond donors (Lipinski definition) is 1. The zero-order chi connectivity index (χ0) is 21.3. The lowest BCUT2D eigenvalue weighted by atomic mass is 9.80. The molecule has 0 unspecified atom stereocenters. The summed E-state index contributed by atoms with van der Waals surface area (Å²) < 4.78 is 17.9. The Morgan fingerprint density at radius 2 is 1.87 bits per heavy atom. The lowest BCUT2D eigenvalue weighted by Gasteiger charge is -2.46. The molecule has 1 atom stereocenters. The quantitative estimate of drug-likeness (QED) is 0.324. The molecule has 1 spiro atoms. The van der Waals surface area contributed by atoms with E-state index in [0.717, 1.165) is 65.9 Å². The van der Waals surface area contributed by atoms with Gasteiger partial charge in [0.05, 0.1) is 28.9 Å². The van der Waals surface area contributed by atoms with Crippen molar-refractivity contribution < 1.29 is 24.1 Å². The molecule has 0 aromatic carbocycles. The van der Waals surface area contributed by atoms with Crippen LogP contribution >= 0.6 is 33.9 Å². The SMILES string of the molecule is COC(=O)c1sc(I)cc1N(C1CCC2(CC1)OCCO2)[C@H](O)C1CCC(C)CC1. The lowest BCUT2D eigenvalue weighted by molar-refractivity contribution is -0.179. The van der Waals surface area contributed by atoms with Gasteiger partial charge in [-0.3, -0.25) is 0 Å². The van der Waals surface area contributed by atoms with Gasteiger partial charge in [0.1, 0.15) is 11.1 Å². The van der Waals surface area contributed by atoms with Crippen LogP contribution < -0.4 is 4.90 Å². The van der Waals surface area contributed by atoms with Crippen LogP contribution in [0.4, 0.5) is 5.69 Å². The highest BCUT2D eigenvalue weighted by atomic mass is 127. The summed E-state index contributed by atoms with van der Waals surface area (Å²) in [5.41, 5.74) is 0.816. The first-order valence-electron chi connectivity index (χ1n) is 11.0. The van der Waals surface area contributed by atoms with Crippen molar-refractivity contribution in [2.24, 2.45) is 11.8 Å². The number of hydrogen-bond acceptors (Lipinski definition) is 7. The van der Waals surface area contributed by atoms with E-state index < -0.39 is 12.0 Å². The molecule has 2 aliphatic carbocycles. The van der Waals surface area contributed by atoms with Crippen LogP contribution in [0, 0.1) is 14.7 Å². The molecule has 4 rings (SSSR count). The van der Waals surface area contributed by atoms with Crippen LogP contribution in [0.1, 0.15) is 68.0 Å². The van der Waals surface area contributed by atoms with E-state index in [0.29, 0.717) is 18.1 Å². The molecule has 1 N–H and O–H groups in total. The van der Waals surface area contributed by atoms with Gasteiger partial charge in [-0.25, -0.2) is 4.79 Å². The molecule has 0 bridgehead atoms. The number of thiophene rings is 1. The fourth-order valence-corrected chi connectivity index (χ4v) is 7.01. The number of rotatable bonds is 5.